The molecule has 2 rings (SSSR count). The van der Waals surface area contributed by atoms with E-state index in [-0.39, 0.29) is 17.0 Å². The molecular formula is C20H24N2O6S. The van der Waals surface area contributed by atoms with Crippen molar-refractivity contribution in [3.05, 3.63) is 64.7 Å². The van der Waals surface area contributed by atoms with Crippen molar-refractivity contribution in [2.24, 2.45) is 0 Å². The van der Waals surface area contributed by atoms with E-state index < -0.39 is 34.5 Å². The predicted molar refractivity (Wildman–Crippen MR) is 107 cm³/mol. The van der Waals surface area contributed by atoms with Gasteiger partial charge in [-0.25, -0.2) is 17.9 Å². The van der Waals surface area contributed by atoms with E-state index in [4.69, 9.17) is 5.11 Å². The Morgan fingerprint density at radius 3 is 2.28 bits per heavy atom. The number of aliphatic hydroxyl groups is 1. The summed E-state index contributed by atoms with van der Waals surface area (Å²) in [5.41, 5.74) is 2.80. The molecule has 0 fully saturated rings. The minimum atomic E-state index is -3.66. The second kappa shape index (κ2) is 9.64. The normalized spacial score (nSPS) is 12.3. The molecule has 0 saturated heterocycles. The van der Waals surface area contributed by atoms with Crippen molar-refractivity contribution in [1.29, 1.82) is 0 Å². The number of aryl methyl sites for hydroxylation is 2. The highest BCUT2D eigenvalue weighted by Crippen LogP contribution is 2.15. The van der Waals surface area contributed by atoms with Crippen LogP contribution in [-0.4, -0.2) is 45.2 Å². The molecule has 0 aliphatic carbocycles. The Morgan fingerprint density at radius 1 is 1.07 bits per heavy atom. The van der Waals surface area contributed by atoms with Crippen molar-refractivity contribution in [2.75, 3.05) is 13.7 Å². The van der Waals surface area contributed by atoms with Crippen LogP contribution in [0.1, 0.15) is 27.0 Å². The standard InChI is InChI=1S/C20H24N2O6S/c1-13-4-9-17(10-14(13)2)29(26,27)21-11-15-5-7-16(8-6-15)19(24)22-18(12-23)20(25)28-3/h4-10,18,21,23H,11-12H2,1-3H3,(H,22,24)/t18-/m1/s1. The third-order valence-electron chi connectivity index (χ3n) is 4.44. The topological polar surface area (TPSA) is 122 Å². The Hall–Kier alpha value is -2.75. The first-order valence-electron chi connectivity index (χ1n) is 8.83. The highest BCUT2D eigenvalue weighted by Gasteiger charge is 2.21. The fourth-order valence-electron chi connectivity index (χ4n) is 2.48. The van der Waals surface area contributed by atoms with Gasteiger partial charge in [-0.05, 0) is 54.8 Å². The fraction of sp³-hybridized carbons (Fsp3) is 0.300. The zero-order valence-electron chi connectivity index (χ0n) is 16.4. The van der Waals surface area contributed by atoms with Crippen LogP contribution in [0.15, 0.2) is 47.4 Å². The molecule has 1 amide bonds. The van der Waals surface area contributed by atoms with Gasteiger partial charge in [-0.2, -0.15) is 0 Å². The first kappa shape index (κ1) is 22.5. The van der Waals surface area contributed by atoms with E-state index in [9.17, 15) is 18.0 Å². The lowest BCUT2D eigenvalue weighted by Gasteiger charge is -2.14. The van der Waals surface area contributed by atoms with Gasteiger partial charge in [0.15, 0.2) is 6.04 Å². The molecule has 0 bridgehead atoms. The molecule has 29 heavy (non-hydrogen) atoms. The zero-order chi connectivity index (χ0) is 21.6. The van der Waals surface area contributed by atoms with E-state index in [2.05, 4.69) is 14.8 Å². The number of carbonyl (C=O) groups is 2. The van der Waals surface area contributed by atoms with Gasteiger partial charge in [-0.3, -0.25) is 4.79 Å². The summed E-state index contributed by atoms with van der Waals surface area (Å²) in [5.74, 6) is -1.31. The van der Waals surface area contributed by atoms with Gasteiger partial charge in [0, 0.05) is 12.1 Å². The monoisotopic (exact) mass is 420 g/mol. The van der Waals surface area contributed by atoms with Crippen LogP contribution in [0.3, 0.4) is 0 Å². The zero-order valence-corrected chi connectivity index (χ0v) is 17.2. The summed E-state index contributed by atoms with van der Waals surface area (Å²) in [5, 5.41) is 11.5. The Morgan fingerprint density at radius 2 is 1.72 bits per heavy atom. The number of aliphatic hydroxyl groups excluding tert-OH is 1. The number of esters is 1. The molecule has 0 aliphatic rings. The Kier molecular flexibility index (Phi) is 7.49. The number of rotatable bonds is 8. The number of nitrogens with one attached hydrogen (secondary N) is 2. The first-order valence-corrected chi connectivity index (χ1v) is 10.3. The van der Waals surface area contributed by atoms with Crippen LogP contribution < -0.4 is 10.0 Å². The van der Waals surface area contributed by atoms with Crippen LogP contribution in [0.4, 0.5) is 0 Å². The van der Waals surface area contributed by atoms with E-state index >= 15 is 0 Å². The molecule has 0 aliphatic heterocycles. The van der Waals surface area contributed by atoms with E-state index in [0.717, 1.165) is 18.2 Å². The second-order valence-electron chi connectivity index (χ2n) is 6.50. The summed E-state index contributed by atoms with van der Waals surface area (Å²) in [4.78, 5) is 23.8. The van der Waals surface area contributed by atoms with Crippen LogP contribution in [0.25, 0.3) is 0 Å². The summed E-state index contributed by atoms with van der Waals surface area (Å²) < 4.78 is 31.9. The lowest BCUT2D eigenvalue weighted by atomic mass is 10.1. The average molecular weight is 420 g/mol. The van der Waals surface area contributed by atoms with Crippen molar-refractivity contribution >= 4 is 21.9 Å². The van der Waals surface area contributed by atoms with Crippen LogP contribution in [-0.2, 0) is 26.1 Å². The Labute approximate surface area is 169 Å². The number of sulfonamides is 1. The molecule has 0 heterocycles. The highest BCUT2D eigenvalue weighted by molar-refractivity contribution is 7.89. The highest BCUT2D eigenvalue weighted by atomic mass is 32.2. The Bertz CT molecular complexity index is 987. The van der Waals surface area contributed by atoms with Crippen molar-refractivity contribution in [3.8, 4) is 0 Å². The van der Waals surface area contributed by atoms with E-state index in [1.165, 1.54) is 12.1 Å². The third-order valence-corrected chi connectivity index (χ3v) is 5.84. The maximum absolute atomic E-state index is 12.4. The van der Waals surface area contributed by atoms with Crippen molar-refractivity contribution < 1.29 is 27.9 Å². The molecule has 0 radical (unpaired) electrons. The molecule has 3 N–H and O–H groups in total. The van der Waals surface area contributed by atoms with Crippen molar-refractivity contribution in [1.82, 2.24) is 10.0 Å². The number of ether oxygens (including phenoxy) is 1. The van der Waals surface area contributed by atoms with Crippen LogP contribution in [0, 0.1) is 13.8 Å². The van der Waals surface area contributed by atoms with Gasteiger partial charge in [0.05, 0.1) is 18.6 Å². The second-order valence-corrected chi connectivity index (χ2v) is 8.27. The molecule has 9 heteroatoms. The predicted octanol–water partition coefficient (Wildman–Crippen LogP) is 1.05. The minimum absolute atomic E-state index is 0.0541. The SMILES string of the molecule is COC(=O)[C@@H](CO)NC(=O)c1ccc(CNS(=O)(=O)c2ccc(C)c(C)c2)cc1. The van der Waals surface area contributed by atoms with E-state index in [0.29, 0.717) is 5.56 Å². The maximum Gasteiger partial charge on any atom is 0.330 e. The minimum Gasteiger partial charge on any atom is -0.467 e. The molecule has 8 nitrogen and oxygen atoms in total. The average Bonchev–Trinajstić information content (AvgIpc) is 2.72. The lowest BCUT2D eigenvalue weighted by Crippen LogP contribution is -2.44. The van der Waals surface area contributed by atoms with Crippen molar-refractivity contribution in [2.45, 2.75) is 31.3 Å². The van der Waals surface area contributed by atoms with Crippen LogP contribution in [0.5, 0.6) is 0 Å². The smallest absolute Gasteiger partial charge is 0.330 e. The summed E-state index contributed by atoms with van der Waals surface area (Å²) in [6.45, 7) is 3.22. The number of carbonyl (C=O) groups excluding carboxylic acids is 2. The van der Waals surface area contributed by atoms with E-state index in [1.54, 1.807) is 30.3 Å². The molecule has 2 aromatic rings. The van der Waals surface area contributed by atoms with Crippen LogP contribution >= 0.6 is 0 Å². The molecule has 2 aromatic carbocycles. The summed E-state index contributed by atoms with van der Waals surface area (Å²) in [6, 6.07) is 9.97. The van der Waals surface area contributed by atoms with Gasteiger partial charge in [-0.15, -0.1) is 0 Å². The van der Waals surface area contributed by atoms with Gasteiger partial charge in [0.25, 0.3) is 5.91 Å². The van der Waals surface area contributed by atoms with Gasteiger partial charge >= 0.3 is 5.97 Å². The van der Waals surface area contributed by atoms with Crippen molar-refractivity contribution in [3.63, 3.8) is 0 Å². The largest absolute Gasteiger partial charge is 0.467 e. The van der Waals surface area contributed by atoms with Gasteiger partial charge in [0.2, 0.25) is 10.0 Å². The summed E-state index contributed by atoms with van der Waals surface area (Å²) in [6.07, 6.45) is 0. The molecular weight excluding hydrogens is 396 g/mol. The Balaban J connectivity index is 2.02. The van der Waals surface area contributed by atoms with Gasteiger partial charge in [0.1, 0.15) is 0 Å². The number of hydrogen-bond acceptors (Lipinski definition) is 6. The molecule has 0 saturated carbocycles. The maximum atomic E-state index is 12.4. The summed E-state index contributed by atoms with van der Waals surface area (Å²) in [7, 11) is -2.51. The van der Waals surface area contributed by atoms with Gasteiger partial charge in [-0.1, -0.05) is 18.2 Å². The van der Waals surface area contributed by atoms with E-state index in [1.807, 2.05) is 13.8 Å². The first-order chi connectivity index (χ1) is 13.7. The molecule has 156 valence electrons. The molecule has 0 spiro atoms. The number of amides is 1. The summed E-state index contributed by atoms with van der Waals surface area (Å²) >= 11 is 0. The van der Waals surface area contributed by atoms with Crippen LogP contribution in [0.2, 0.25) is 0 Å². The fourth-order valence-corrected chi connectivity index (χ4v) is 3.58. The number of methoxy groups -OCH3 is 1. The molecule has 0 unspecified atom stereocenters. The number of hydrogen-bond donors (Lipinski definition) is 3. The quantitative estimate of drug-likeness (QED) is 0.549. The molecule has 0 aromatic heterocycles. The lowest BCUT2D eigenvalue weighted by molar-refractivity contribution is -0.143. The third kappa shape index (κ3) is 5.86. The molecule has 1 atom stereocenters. The number of benzene rings is 2. The van der Waals surface area contributed by atoms with Gasteiger partial charge < -0.3 is 15.2 Å².